The summed E-state index contributed by atoms with van der Waals surface area (Å²) in [7, 11) is 0. The average molecular weight is 279 g/mol. The van der Waals surface area contributed by atoms with E-state index in [-0.39, 0.29) is 5.78 Å². The number of Topliss-reactive ketones (excluding diaryl/α,β-unsaturated/α-hetero) is 1. The van der Waals surface area contributed by atoms with Gasteiger partial charge in [0.05, 0.1) is 0 Å². The molecular weight excluding hydrogens is 258 g/mol. The van der Waals surface area contributed by atoms with Crippen LogP contribution in [-0.4, -0.2) is 5.78 Å². The SMILES string of the molecule is Cc1cc(C(=O)CC2CCCc3ccccc32)ccc1N. The molecule has 1 aliphatic rings. The van der Waals surface area contributed by atoms with Gasteiger partial charge in [0.1, 0.15) is 0 Å². The summed E-state index contributed by atoms with van der Waals surface area (Å²) < 4.78 is 0. The molecule has 0 aromatic heterocycles. The van der Waals surface area contributed by atoms with Crippen LogP contribution in [0.15, 0.2) is 42.5 Å². The lowest BCUT2D eigenvalue weighted by molar-refractivity contribution is 0.0971. The summed E-state index contributed by atoms with van der Waals surface area (Å²) in [5.41, 5.74) is 11.1. The van der Waals surface area contributed by atoms with Crippen molar-refractivity contribution in [2.75, 3.05) is 5.73 Å². The van der Waals surface area contributed by atoms with Gasteiger partial charge in [0.15, 0.2) is 5.78 Å². The van der Waals surface area contributed by atoms with Crippen LogP contribution < -0.4 is 5.73 Å². The molecule has 0 fully saturated rings. The number of carbonyl (C=O) groups is 1. The number of ketones is 1. The molecule has 1 atom stereocenters. The van der Waals surface area contributed by atoms with Crippen molar-refractivity contribution in [2.24, 2.45) is 0 Å². The fourth-order valence-corrected chi connectivity index (χ4v) is 3.26. The first-order chi connectivity index (χ1) is 10.1. The second-order valence-corrected chi connectivity index (χ2v) is 5.99. The Hall–Kier alpha value is -2.09. The molecule has 21 heavy (non-hydrogen) atoms. The Bertz CT molecular complexity index is 675. The van der Waals surface area contributed by atoms with Gasteiger partial charge in [-0.15, -0.1) is 0 Å². The van der Waals surface area contributed by atoms with Crippen LogP contribution >= 0.6 is 0 Å². The molecule has 108 valence electrons. The molecule has 2 aromatic carbocycles. The van der Waals surface area contributed by atoms with Crippen molar-refractivity contribution < 1.29 is 4.79 Å². The monoisotopic (exact) mass is 279 g/mol. The second kappa shape index (κ2) is 5.72. The minimum Gasteiger partial charge on any atom is -0.399 e. The molecule has 0 amide bonds. The van der Waals surface area contributed by atoms with E-state index in [0.717, 1.165) is 29.7 Å². The maximum atomic E-state index is 12.5. The number of rotatable bonds is 3. The highest BCUT2D eigenvalue weighted by Crippen LogP contribution is 2.34. The Morgan fingerprint density at radius 3 is 2.86 bits per heavy atom. The van der Waals surface area contributed by atoms with E-state index in [1.54, 1.807) is 0 Å². The van der Waals surface area contributed by atoms with E-state index >= 15 is 0 Å². The Balaban J connectivity index is 1.81. The third-order valence-corrected chi connectivity index (χ3v) is 4.52. The molecule has 3 rings (SSSR count). The number of aryl methyl sites for hydroxylation is 2. The predicted octanol–water partition coefficient (Wildman–Crippen LogP) is 4.27. The quantitative estimate of drug-likeness (QED) is 0.673. The third kappa shape index (κ3) is 2.85. The number of fused-ring (bicyclic) bond motifs is 1. The fraction of sp³-hybridized carbons (Fsp3) is 0.316. The van der Waals surface area contributed by atoms with Gasteiger partial charge in [-0.25, -0.2) is 0 Å². The van der Waals surface area contributed by atoms with Gasteiger partial charge in [-0.3, -0.25) is 4.79 Å². The van der Waals surface area contributed by atoms with Crippen LogP contribution in [0.2, 0.25) is 0 Å². The standard InChI is InChI=1S/C19H21NO/c1-13-11-16(9-10-18(13)20)19(21)12-15-7-4-6-14-5-2-3-8-17(14)15/h2-3,5,8-11,15H,4,6-7,12,20H2,1H3. The number of hydrogen-bond acceptors (Lipinski definition) is 2. The van der Waals surface area contributed by atoms with Crippen molar-refractivity contribution in [3.8, 4) is 0 Å². The van der Waals surface area contributed by atoms with Crippen molar-refractivity contribution in [3.63, 3.8) is 0 Å². The highest BCUT2D eigenvalue weighted by molar-refractivity contribution is 5.97. The van der Waals surface area contributed by atoms with E-state index in [1.165, 1.54) is 17.5 Å². The number of anilines is 1. The highest BCUT2D eigenvalue weighted by Gasteiger charge is 2.22. The van der Waals surface area contributed by atoms with E-state index < -0.39 is 0 Å². The third-order valence-electron chi connectivity index (χ3n) is 4.52. The maximum Gasteiger partial charge on any atom is 0.163 e. The smallest absolute Gasteiger partial charge is 0.163 e. The molecule has 1 aliphatic carbocycles. The molecule has 0 bridgehead atoms. The van der Waals surface area contributed by atoms with E-state index in [1.807, 2.05) is 25.1 Å². The normalized spacial score (nSPS) is 17.3. The van der Waals surface area contributed by atoms with Gasteiger partial charge in [-0.2, -0.15) is 0 Å². The van der Waals surface area contributed by atoms with E-state index in [0.29, 0.717) is 12.3 Å². The Morgan fingerprint density at radius 1 is 1.24 bits per heavy atom. The van der Waals surface area contributed by atoms with Crippen molar-refractivity contribution in [3.05, 3.63) is 64.7 Å². The van der Waals surface area contributed by atoms with Crippen LogP contribution in [0, 0.1) is 6.92 Å². The summed E-state index contributed by atoms with van der Waals surface area (Å²) in [5, 5.41) is 0. The summed E-state index contributed by atoms with van der Waals surface area (Å²) in [5.74, 6) is 0.583. The van der Waals surface area contributed by atoms with Gasteiger partial charge in [0, 0.05) is 17.7 Å². The first kappa shape index (κ1) is 13.9. The summed E-state index contributed by atoms with van der Waals surface area (Å²) in [4.78, 5) is 12.5. The highest BCUT2D eigenvalue weighted by atomic mass is 16.1. The molecule has 0 saturated heterocycles. The van der Waals surface area contributed by atoms with E-state index in [2.05, 4.69) is 24.3 Å². The fourth-order valence-electron chi connectivity index (χ4n) is 3.26. The minimum atomic E-state index is 0.222. The van der Waals surface area contributed by atoms with Crippen LogP contribution in [0.1, 0.15) is 52.2 Å². The summed E-state index contributed by atoms with van der Waals surface area (Å²) in [6.45, 7) is 1.95. The van der Waals surface area contributed by atoms with Gasteiger partial charge in [0.25, 0.3) is 0 Å². The maximum absolute atomic E-state index is 12.5. The lowest BCUT2D eigenvalue weighted by Crippen LogP contribution is -2.14. The molecule has 0 heterocycles. The summed E-state index contributed by atoms with van der Waals surface area (Å²) >= 11 is 0. The van der Waals surface area contributed by atoms with Crippen molar-refractivity contribution in [1.82, 2.24) is 0 Å². The molecule has 2 nitrogen and oxygen atoms in total. The number of hydrogen-bond donors (Lipinski definition) is 1. The van der Waals surface area contributed by atoms with Crippen LogP contribution in [0.5, 0.6) is 0 Å². The molecule has 0 saturated carbocycles. The first-order valence-corrected chi connectivity index (χ1v) is 7.62. The molecule has 2 N–H and O–H groups in total. The predicted molar refractivity (Wildman–Crippen MR) is 86.7 cm³/mol. The van der Waals surface area contributed by atoms with Crippen LogP contribution in [0.25, 0.3) is 0 Å². The number of nitrogen functional groups attached to an aromatic ring is 1. The van der Waals surface area contributed by atoms with Gasteiger partial charge in [0.2, 0.25) is 0 Å². The first-order valence-electron chi connectivity index (χ1n) is 7.62. The Kier molecular flexibility index (Phi) is 3.78. The molecular formula is C19H21NO. The average Bonchev–Trinajstić information content (AvgIpc) is 2.50. The van der Waals surface area contributed by atoms with Gasteiger partial charge in [-0.05, 0) is 67.0 Å². The molecule has 2 aromatic rings. The summed E-state index contributed by atoms with van der Waals surface area (Å²) in [6, 6.07) is 14.1. The summed E-state index contributed by atoms with van der Waals surface area (Å²) in [6.07, 6.45) is 4.02. The van der Waals surface area contributed by atoms with Crippen molar-refractivity contribution >= 4 is 11.5 Å². The number of nitrogens with two attached hydrogens (primary N) is 1. The van der Waals surface area contributed by atoms with Crippen LogP contribution in [0.3, 0.4) is 0 Å². The zero-order valence-electron chi connectivity index (χ0n) is 12.4. The van der Waals surface area contributed by atoms with Crippen LogP contribution in [0.4, 0.5) is 5.69 Å². The Labute approximate surface area is 126 Å². The van der Waals surface area contributed by atoms with Gasteiger partial charge < -0.3 is 5.73 Å². The zero-order valence-corrected chi connectivity index (χ0v) is 12.4. The molecule has 0 radical (unpaired) electrons. The largest absolute Gasteiger partial charge is 0.399 e. The molecule has 2 heteroatoms. The topological polar surface area (TPSA) is 43.1 Å². The molecule has 0 aliphatic heterocycles. The second-order valence-electron chi connectivity index (χ2n) is 5.99. The lowest BCUT2D eigenvalue weighted by atomic mass is 9.79. The number of carbonyl (C=O) groups excluding carboxylic acids is 1. The van der Waals surface area contributed by atoms with Crippen molar-refractivity contribution in [2.45, 2.75) is 38.5 Å². The van der Waals surface area contributed by atoms with Gasteiger partial charge >= 0.3 is 0 Å². The number of benzene rings is 2. The van der Waals surface area contributed by atoms with E-state index in [4.69, 9.17) is 5.73 Å². The van der Waals surface area contributed by atoms with Crippen molar-refractivity contribution in [1.29, 1.82) is 0 Å². The Morgan fingerprint density at radius 2 is 2.05 bits per heavy atom. The van der Waals surface area contributed by atoms with Gasteiger partial charge in [-0.1, -0.05) is 24.3 Å². The zero-order chi connectivity index (χ0) is 14.8. The van der Waals surface area contributed by atoms with Crippen LogP contribution in [-0.2, 0) is 6.42 Å². The minimum absolute atomic E-state index is 0.222. The van der Waals surface area contributed by atoms with E-state index in [9.17, 15) is 4.79 Å². The molecule has 0 spiro atoms. The molecule has 1 unspecified atom stereocenters. The lowest BCUT2D eigenvalue weighted by Gasteiger charge is -2.25.